The predicted octanol–water partition coefficient (Wildman–Crippen LogP) is 1.28. The Morgan fingerprint density at radius 1 is 1.58 bits per heavy atom. The molecule has 1 aromatic rings. The molecule has 1 aliphatic heterocycles. The first-order chi connectivity index (χ1) is 9.17. The van der Waals surface area contributed by atoms with Crippen LogP contribution in [0.1, 0.15) is 17.5 Å². The summed E-state index contributed by atoms with van der Waals surface area (Å²) in [6.07, 6.45) is 0.837. The van der Waals surface area contributed by atoms with Gasteiger partial charge >= 0.3 is 0 Å². The Bertz CT molecular complexity index is 487. The van der Waals surface area contributed by atoms with Crippen LogP contribution in [0, 0.1) is 17.1 Å². The number of benzene rings is 1. The third-order valence-corrected chi connectivity index (χ3v) is 3.59. The maximum Gasteiger partial charge on any atom is 0.129 e. The van der Waals surface area contributed by atoms with E-state index in [9.17, 15) is 9.50 Å². The lowest BCUT2D eigenvalue weighted by Crippen LogP contribution is -2.32. The van der Waals surface area contributed by atoms with E-state index in [-0.39, 0.29) is 24.6 Å². The molecule has 2 atom stereocenters. The van der Waals surface area contributed by atoms with Crippen molar-refractivity contribution in [1.29, 1.82) is 5.26 Å². The third-order valence-electron chi connectivity index (χ3n) is 3.59. The number of ether oxygens (including phenoxy) is 1. The van der Waals surface area contributed by atoms with Gasteiger partial charge in [0.1, 0.15) is 5.82 Å². The lowest BCUT2D eigenvalue weighted by molar-refractivity contribution is 0.107. The van der Waals surface area contributed by atoms with Gasteiger partial charge in [-0.15, -0.1) is 0 Å². The molecule has 0 radical (unpaired) electrons. The monoisotopic (exact) mass is 264 g/mol. The summed E-state index contributed by atoms with van der Waals surface area (Å²) in [7, 11) is 1.64. The van der Waals surface area contributed by atoms with Crippen molar-refractivity contribution < 1.29 is 14.2 Å². The zero-order valence-electron chi connectivity index (χ0n) is 10.8. The van der Waals surface area contributed by atoms with Crippen LogP contribution in [0.3, 0.4) is 0 Å². The molecular weight excluding hydrogens is 247 g/mol. The summed E-state index contributed by atoms with van der Waals surface area (Å²) in [4.78, 5) is 2.01. The number of nitrogens with zero attached hydrogens (tertiary/aromatic N) is 2. The Labute approximate surface area is 112 Å². The van der Waals surface area contributed by atoms with E-state index in [1.807, 2.05) is 11.0 Å². The summed E-state index contributed by atoms with van der Waals surface area (Å²) in [5.74, 6) is -0.378. The SMILES string of the molecule is CO[C@H]1C[C@@H](CO)N(Cc2ccc(C#N)cc2F)C1. The maximum atomic E-state index is 13.8. The van der Waals surface area contributed by atoms with E-state index in [2.05, 4.69) is 0 Å². The Balaban J connectivity index is 2.10. The topological polar surface area (TPSA) is 56.5 Å². The number of nitriles is 1. The average molecular weight is 264 g/mol. The van der Waals surface area contributed by atoms with E-state index in [4.69, 9.17) is 10.00 Å². The summed E-state index contributed by atoms with van der Waals surface area (Å²) < 4.78 is 19.1. The zero-order valence-corrected chi connectivity index (χ0v) is 10.8. The number of methoxy groups -OCH3 is 1. The highest BCUT2D eigenvalue weighted by molar-refractivity contribution is 5.32. The summed E-state index contributed by atoms with van der Waals surface area (Å²) in [6, 6.07) is 6.39. The number of rotatable bonds is 4. The Kier molecular flexibility index (Phi) is 4.48. The zero-order chi connectivity index (χ0) is 13.8. The molecule has 0 aromatic heterocycles. The summed E-state index contributed by atoms with van der Waals surface area (Å²) in [6.45, 7) is 1.14. The summed E-state index contributed by atoms with van der Waals surface area (Å²) in [5, 5.41) is 18.1. The Morgan fingerprint density at radius 2 is 2.37 bits per heavy atom. The summed E-state index contributed by atoms with van der Waals surface area (Å²) >= 11 is 0. The number of aliphatic hydroxyl groups excluding tert-OH is 1. The first kappa shape index (κ1) is 13.9. The number of halogens is 1. The van der Waals surface area contributed by atoms with Gasteiger partial charge < -0.3 is 9.84 Å². The molecule has 2 rings (SSSR count). The van der Waals surface area contributed by atoms with Gasteiger partial charge in [0.15, 0.2) is 0 Å². The molecule has 0 amide bonds. The first-order valence-electron chi connectivity index (χ1n) is 6.24. The molecule has 0 bridgehead atoms. The lowest BCUT2D eigenvalue weighted by atomic mass is 10.1. The molecule has 1 N–H and O–H groups in total. The van der Waals surface area contributed by atoms with Gasteiger partial charge in [0, 0.05) is 31.8 Å². The molecule has 0 spiro atoms. The van der Waals surface area contributed by atoms with Crippen molar-refractivity contribution in [1.82, 2.24) is 4.90 Å². The molecule has 1 aliphatic rings. The fourth-order valence-corrected chi connectivity index (χ4v) is 2.46. The van der Waals surface area contributed by atoms with Gasteiger partial charge in [0.25, 0.3) is 0 Å². The maximum absolute atomic E-state index is 13.8. The van der Waals surface area contributed by atoms with Gasteiger partial charge in [-0.25, -0.2) is 4.39 Å². The highest BCUT2D eigenvalue weighted by Gasteiger charge is 2.31. The van der Waals surface area contributed by atoms with Crippen molar-refractivity contribution in [2.45, 2.75) is 25.1 Å². The molecule has 5 heteroatoms. The fraction of sp³-hybridized carbons (Fsp3) is 0.500. The van der Waals surface area contributed by atoms with Crippen LogP contribution in [0.4, 0.5) is 4.39 Å². The smallest absolute Gasteiger partial charge is 0.129 e. The standard InChI is InChI=1S/C14H17FN2O2/c1-19-13-5-12(9-18)17(8-13)7-11-3-2-10(6-16)4-14(11)15/h2-4,12-13,18H,5,7-9H2,1H3/t12-,13-/m0/s1. The average Bonchev–Trinajstić information content (AvgIpc) is 2.83. The van der Waals surface area contributed by atoms with Gasteiger partial charge in [-0.2, -0.15) is 5.26 Å². The molecule has 1 fully saturated rings. The Hall–Kier alpha value is -1.48. The minimum atomic E-state index is -0.378. The van der Waals surface area contributed by atoms with Crippen LogP contribution in [0.25, 0.3) is 0 Å². The van der Waals surface area contributed by atoms with Crippen molar-refractivity contribution >= 4 is 0 Å². The van der Waals surface area contributed by atoms with E-state index in [0.29, 0.717) is 24.2 Å². The van der Waals surface area contributed by atoms with E-state index in [1.165, 1.54) is 6.07 Å². The van der Waals surface area contributed by atoms with Crippen molar-refractivity contribution in [2.24, 2.45) is 0 Å². The van der Waals surface area contributed by atoms with Gasteiger partial charge in [0.2, 0.25) is 0 Å². The molecule has 1 heterocycles. The second-order valence-corrected chi connectivity index (χ2v) is 4.78. The van der Waals surface area contributed by atoms with Crippen molar-refractivity contribution in [2.75, 3.05) is 20.3 Å². The van der Waals surface area contributed by atoms with Crippen molar-refractivity contribution in [3.8, 4) is 6.07 Å². The van der Waals surface area contributed by atoms with E-state index in [1.54, 1.807) is 19.2 Å². The number of hydrogen-bond donors (Lipinski definition) is 1. The molecule has 4 nitrogen and oxygen atoms in total. The van der Waals surface area contributed by atoms with Crippen LogP contribution >= 0.6 is 0 Å². The Morgan fingerprint density at radius 3 is 2.95 bits per heavy atom. The highest BCUT2D eigenvalue weighted by Crippen LogP contribution is 2.23. The quantitative estimate of drug-likeness (QED) is 0.890. The normalized spacial score (nSPS) is 23.5. The van der Waals surface area contributed by atoms with E-state index < -0.39 is 0 Å². The predicted molar refractivity (Wildman–Crippen MR) is 67.8 cm³/mol. The number of likely N-dealkylation sites (tertiary alicyclic amines) is 1. The minimum absolute atomic E-state index is 0.00000617. The van der Waals surface area contributed by atoms with Crippen LogP contribution in [0.15, 0.2) is 18.2 Å². The van der Waals surface area contributed by atoms with Crippen LogP contribution in [0.2, 0.25) is 0 Å². The highest BCUT2D eigenvalue weighted by atomic mass is 19.1. The van der Waals surface area contributed by atoms with Crippen LogP contribution in [0.5, 0.6) is 0 Å². The number of hydrogen-bond acceptors (Lipinski definition) is 4. The first-order valence-corrected chi connectivity index (χ1v) is 6.24. The van der Waals surface area contributed by atoms with Gasteiger partial charge in [-0.1, -0.05) is 6.07 Å². The van der Waals surface area contributed by atoms with Gasteiger partial charge in [0.05, 0.1) is 24.3 Å². The van der Waals surface area contributed by atoms with Gasteiger partial charge in [-0.05, 0) is 18.6 Å². The van der Waals surface area contributed by atoms with Gasteiger partial charge in [-0.3, -0.25) is 4.90 Å². The molecule has 0 unspecified atom stereocenters. The molecule has 1 saturated heterocycles. The largest absolute Gasteiger partial charge is 0.395 e. The molecule has 0 saturated carbocycles. The van der Waals surface area contributed by atoms with Crippen molar-refractivity contribution in [3.05, 3.63) is 35.1 Å². The minimum Gasteiger partial charge on any atom is -0.395 e. The third kappa shape index (κ3) is 3.10. The second-order valence-electron chi connectivity index (χ2n) is 4.78. The van der Waals surface area contributed by atoms with E-state index >= 15 is 0 Å². The van der Waals surface area contributed by atoms with Crippen molar-refractivity contribution in [3.63, 3.8) is 0 Å². The number of aliphatic hydroxyl groups is 1. The molecule has 102 valence electrons. The molecule has 0 aliphatic carbocycles. The van der Waals surface area contributed by atoms with E-state index in [0.717, 1.165) is 6.42 Å². The molecule has 1 aromatic carbocycles. The fourth-order valence-electron chi connectivity index (χ4n) is 2.46. The molecular formula is C14H17FN2O2. The van der Waals surface area contributed by atoms with Crippen LogP contribution in [-0.2, 0) is 11.3 Å². The van der Waals surface area contributed by atoms with Crippen LogP contribution in [-0.4, -0.2) is 42.4 Å². The summed E-state index contributed by atoms with van der Waals surface area (Å²) in [5.41, 5.74) is 0.852. The lowest BCUT2D eigenvalue weighted by Gasteiger charge is -2.22. The van der Waals surface area contributed by atoms with Crippen LogP contribution < -0.4 is 0 Å². The second kappa shape index (κ2) is 6.11. The molecule has 19 heavy (non-hydrogen) atoms.